The SMILES string of the molecule is CCNC(=O)CNC(=O)/C=C/c1cn(Cc2ccccc2)nc1-c1ccc(C)cc1. The van der Waals surface area contributed by atoms with Crippen LogP contribution in [0, 0.1) is 6.92 Å². The molecule has 2 aromatic carbocycles. The van der Waals surface area contributed by atoms with Gasteiger partial charge in [0.2, 0.25) is 11.8 Å². The standard InChI is InChI=1S/C24H26N4O2/c1-3-25-23(30)15-26-22(29)14-13-21-17-28(16-19-7-5-4-6-8-19)27-24(21)20-11-9-18(2)10-12-20/h4-14,17H,3,15-16H2,1-2H3,(H,25,30)(H,26,29)/b14-13+. The Labute approximate surface area is 176 Å². The molecule has 3 rings (SSSR count). The van der Waals surface area contributed by atoms with Crippen molar-refractivity contribution in [3.05, 3.63) is 83.6 Å². The highest BCUT2D eigenvalue weighted by Gasteiger charge is 2.10. The second-order valence-electron chi connectivity index (χ2n) is 6.99. The Bertz CT molecular complexity index is 1020. The number of aryl methyl sites for hydroxylation is 1. The molecule has 0 unspecified atom stereocenters. The molecule has 2 amide bonds. The van der Waals surface area contributed by atoms with Crippen molar-refractivity contribution in [2.24, 2.45) is 0 Å². The van der Waals surface area contributed by atoms with Crippen LogP contribution in [0.1, 0.15) is 23.6 Å². The third kappa shape index (κ3) is 5.91. The number of hydrogen-bond donors (Lipinski definition) is 2. The lowest BCUT2D eigenvalue weighted by molar-refractivity contribution is -0.123. The molecule has 0 aliphatic rings. The average Bonchev–Trinajstić information content (AvgIpc) is 3.15. The van der Waals surface area contributed by atoms with Gasteiger partial charge in [0, 0.05) is 29.9 Å². The monoisotopic (exact) mass is 402 g/mol. The normalized spacial score (nSPS) is 10.9. The lowest BCUT2D eigenvalue weighted by Gasteiger charge is -2.02. The summed E-state index contributed by atoms with van der Waals surface area (Å²) in [5.41, 5.74) is 4.94. The maximum Gasteiger partial charge on any atom is 0.244 e. The molecule has 0 fully saturated rings. The highest BCUT2D eigenvalue weighted by molar-refractivity contribution is 5.95. The second kappa shape index (κ2) is 10.2. The van der Waals surface area contributed by atoms with Crippen molar-refractivity contribution in [3.8, 4) is 11.3 Å². The Balaban J connectivity index is 1.81. The van der Waals surface area contributed by atoms with Crippen LogP contribution in [0.5, 0.6) is 0 Å². The molecule has 0 aliphatic heterocycles. The number of nitrogens with one attached hydrogen (secondary N) is 2. The molecule has 1 aromatic heterocycles. The molecule has 154 valence electrons. The van der Waals surface area contributed by atoms with E-state index in [1.54, 1.807) is 6.08 Å². The lowest BCUT2D eigenvalue weighted by atomic mass is 10.1. The minimum absolute atomic E-state index is 0.0465. The zero-order valence-corrected chi connectivity index (χ0v) is 17.3. The maximum atomic E-state index is 12.1. The van der Waals surface area contributed by atoms with Crippen molar-refractivity contribution in [2.75, 3.05) is 13.1 Å². The molecule has 6 heteroatoms. The van der Waals surface area contributed by atoms with Crippen LogP contribution in [0.25, 0.3) is 17.3 Å². The summed E-state index contributed by atoms with van der Waals surface area (Å²) in [6, 6.07) is 18.2. The fraction of sp³-hybridized carbons (Fsp3) is 0.208. The van der Waals surface area contributed by atoms with Gasteiger partial charge in [-0.15, -0.1) is 0 Å². The van der Waals surface area contributed by atoms with E-state index in [0.29, 0.717) is 13.1 Å². The van der Waals surface area contributed by atoms with Crippen LogP contribution in [-0.2, 0) is 16.1 Å². The van der Waals surface area contributed by atoms with Crippen LogP contribution in [0.4, 0.5) is 0 Å². The zero-order chi connectivity index (χ0) is 21.3. The molecule has 6 nitrogen and oxygen atoms in total. The van der Waals surface area contributed by atoms with Crippen LogP contribution < -0.4 is 10.6 Å². The third-order valence-corrected chi connectivity index (χ3v) is 4.51. The van der Waals surface area contributed by atoms with Gasteiger partial charge in [-0.05, 0) is 25.5 Å². The van der Waals surface area contributed by atoms with E-state index in [2.05, 4.69) is 22.8 Å². The van der Waals surface area contributed by atoms with E-state index in [4.69, 9.17) is 5.10 Å². The van der Waals surface area contributed by atoms with Gasteiger partial charge in [0.05, 0.1) is 18.8 Å². The van der Waals surface area contributed by atoms with E-state index in [-0.39, 0.29) is 18.4 Å². The first-order chi connectivity index (χ1) is 14.5. The largest absolute Gasteiger partial charge is 0.355 e. The predicted octanol–water partition coefficient (Wildman–Crippen LogP) is 3.17. The van der Waals surface area contributed by atoms with Crippen molar-refractivity contribution in [2.45, 2.75) is 20.4 Å². The molecule has 0 spiro atoms. The van der Waals surface area contributed by atoms with Crippen LogP contribution in [0.2, 0.25) is 0 Å². The second-order valence-corrected chi connectivity index (χ2v) is 6.99. The first-order valence-corrected chi connectivity index (χ1v) is 9.96. The van der Waals surface area contributed by atoms with Gasteiger partial charge in [-0.3, -0.25) is 14.3 Å². The number of aromatic nitrogens is 2. The lowest BCUT2D eigenvalue weighted by Crippen LogP contribution is -2.35. The van der Waals surface area contributed by atoms with Gasteiger partial charge in [-0.25, -0.2) is 0 Å². The van der Waals surface area contributed by atoms with Crippen LogP contribution >= 0.6 is 0 Å². The molecule has 0 atom stereocenters. The summed E-state index contributed by atoms with van der Waals surface area (Å²) >= 11 is 0. The molecule has 2 N–H and O–H groups in total. The molecule has 0 saturated carbocycles. The minimum atomic E-state index is -0.327. The molecule has 0 radical (unpaired) electrons. The smallest absolute Gasteiger partial charge is 0.244 e. The van der Waals surface area contributed by atoms with E-state index in [1.807, 2.05) is 67.2 Å². The van der Waals surface area contributed by atoms with E-state index >= 15 is 0 Å². The predicted molar refractivity (Wildman–Crippen MR) is 119 cm³/mol. The fourth-order valence-electron chi connectivity index (χ4n) is 3.00. The van der Waals surface area contributed by atoms with Crippen molar-refractivity contribution >= 4 is 17.9 Å². The number of hydrogen-bond acceptors (Lipinski definition) is 3. The first-order valence-electron chi connectivity index (χ1n) is 9.96. The van der Waals surface area contributed by atoms with Gasteiger partial charge >= 0.3 is 0 Å². The van der Waals surface area contributed by atoms with Crippen molar-refractivity contribution in [1.82, 2.24) is 20.4 Å². The number of likely N-dealkylation sites (N-methyl/N-ethyl adjacent to an activating group) is 1. The molecule has 3 aromatic rings. The number of carbonyl (C=O) groups is 2. The molecular weight excluding hydrogens is 376 g/mol. The summed E-state index contributed by atoms with van der Waals surface area (Å²) in [6.45, 7) is 4.99. The number of amides is 2. The first kappa shape index (κ1) is 21.0. The summed E-state index contributed by atoms with van der Waals surface area (Å²) in [7, 11) is 0. The topological polar surface area (TPSA) is 76.0 Å². The van der Waals surface area contributed by atoms with Crippen molar-refractivity contribution in [3.63, 3.8) is 0 Å². The molecule has 1 heterocycles. The van der Waals surface area contributed by atoms with Crippen LogP contribution in [-0.4, -0.2) is 34.7 Å². The quantitative estimate of drug-likeness (QED) is 0.568. The van der Waals surface area contributed by atoms with E-state index in [9.17, 15) is 9.59 Å². The zero-order valence-electron chi connectivity index (χ0n) is 17.3. The maximum absolute atomic E-state index is 12.1. The van der Waals surface area contributed by atoms with E-state index in [0.717, 1.165) is 22.4 Å². The van der Waals surface area contributed by atoms with Gasteiger partial charge in [-0.1, -0.05) is 60.2 Å². The number of benzene rings is 2. The third-order valence-electron chi connectivity index (χ3n) is 4.51. The Morgan fingerprint density at radius 3 is 2.47 bits per heavy atom. The summed E-state index contributed by atoms with van der Waals surface area (Å²) in [5, 5.41) is 9.98. The Morgan fingerprint density at radius 2 is 1.77 bits per heavy atom. The molecule has 0 saturated heterocycles. The van der Waals surface area contributed by atoms with Crippen molar-refractivity contribution in [1.29, 1.82) is 0 Å². The van der Waals surface area contributed by atoms with E-state index < -0.39 is 0 Å². The van der Waals surface area contributed by atoms with Gasteiger partial charge in [0.1, 0.15) is 0 Å². The van der Waals surface area contributed by atoms with Gasteiger partial charge < -0.3 is 10.6 Å². The van der Waals surface area contributed by atoms with Crippen LogP contribution in [0.3, 0.4) is 0 Å². The van der Waals surface area contributed by atoms with Gasteiger partial charge in [0.15, 0.2) is 0 Å². The molecule has 0 bridgehead atoms. The molecule has 30 heavy (non-hydrogen) atoms. The Hall–Kier alpha value is -3.67. The summed E-state index contributed by atoms with van der Waals surface area (Å²) in [5.74, 6) is -0.540. The summed E-state index contributed by atoms with van der Waals surface area (Å²) < 4.78 is 1.87. The summed E-state index contributed by atoms with van der Waals surface area (Å²) in [4.78, 5) is 23.6. The summed E-state index contributed by atoms with van der Waals surface area (Å²) in [6.07, 6.45) is 5.09. The van der Waals surface area contributed by atoms with Gasteiger partial charge in [0.25, 0.3) is 0 Å². The Kier molecular flexibility index (Phi) is 7.16. The van der Waals surface area contributed by atoms with E-state index in [1.165, 1.54) is 11.6 Å². The number of carbonyl (C=O) groups excluding carboxylic acids is 2. The number of rotatable bonds is 8. The van der Waals surface area contributed by atoms with Crippen LogP contribution in [0.15, 0.2) is 66.9 Å². The van der Waals surface area contributed by atoms with Crippen molar-refractivity contribution < 1.29 is 9.59 Å². The minimum Gasteiger partial charge on any atom is -0.355 e. The number of nitrogens with zero attached hydrogens (tertiary/aromatic N) is 2. The Morgan fingerprint density at radius 1 is 1.03 bits per heavy atom. The highest BCUT2D eigenvalue weighted by Crippen LogP contribution is 2.24. The molecule has 0 aliphatic carbocycles. The molecular formula is C24H26N4O2. The average molecular weight is 402 g/mol. The van der Waals surface area contributed by atoms with Gasteiger partial charge in [-0.2, -0.15) is 5.10 Å². The highest BCUT2D eigenvalue weighted by atomic mass is 16.2. The fourth-order valence-corrected chi connectivity index (χ4v) is 3.00.